The van der Waals surface area contributed by atoms with Gasteiger partial charge in [-0.3, -0.25) is 4.90 Å². The second kappa shape index (κ2) is 9.31. The predicted octanol–water partition coefficient (Wildman–Crippen LogP) is 6.06. The molecule has 6 nitrogen and oxygen atoms in total. The molecule has 0 amide bonds. The second-order valence-electron chi connectivity index (χ2n) is 8.26. The molecule has 1 unspecified atom stereocenters. The summed E-state index contributed by atoms with van der Waals surface area (Å²) >= 11 is 5.79. The number of hydrogen-bond donors (Lipinski definition) is 1. The van der Waals surface area contributed by atoms with Crippen LogP contribution in [0.15, 0.2) is 83.0 Å². The first-order valence-electron chi connectivity index (χ1n) is 11.1. The Morgan fingerprint density at radius 3 is 2.31 bits per heavy atom. The topological polar surface area (TPSA) is 63.4 Å². The number of rotatable bonds is 5. The average Bonchev–Trinajstić information content (AvgIpc) is 3.35. The van der Waals surface area contributed by atoms with Gasteiger partial charge in [-0.2, -0.15) is 4.98 Å². The van der Waals surface area contributed by atoms with Crippen LogP contribution < -0.4 is 15.0 Å². The summed E-state index contributed by atoms with van der Waals surface area (Å²) in [5.74, 6) is 1.17. The van der Waals surface area contributed by atoms with E-state index in [1.165, 1.54) is 12.1 Å². The first-order valence-corrected chi connectivity index (χ1v) is 11.5. The van der Waals surface area contributed by atoms with Gasteiger partial charge >= 0.3 is 0 Å². The molecule has 176 valence electrons. The van der Waals surface area contributed by atoms with E-state index in [1.807, 2.05) is 43.0 Å². The number of thiocarbonyl (C=S) groups is 1. The van der Waals surface area contributed by atoms with Crippen molar-refractivity contribution in [3.8, 4) is 17.1 Å². The lowest BCUT2D eigenvalue weighted by Gasteiger charge is -2.37. The lowest BCUT2D eigenvalue weighted by molar-refractivity contribution is 0.404. The molecule has 1 aliphatic heterocycles. The molecule has 0 aliphatic carbocycles. The summed E-state index contributed by atoms with van der Waals surface area (Å²) in [6, 6.07) is 21.6. The molecule has 0 fully saturated rings. The molecule has 0 spiro atoms. The third-order valence-corrected chi connectivity index (χ3v) is 6.29. The van der Waals surface area contributed by atoms with Crippen LogP contribution in [0.25, 0.3) is 17.0 Å². The summed E-state index contributed by atoms with van der Waals surface area (Å²) in [5.41, 5.74) is 5.38. The SMILES string of the molecule is COc1ccc(N2C(=S)NC(c3ccc(C)cc3)C(c3nc(-c4ccc(F)cc4)no3)=C2C)cc1. The standard InChI is InChI=1S/C27H23FN4O2S/c1-16-4-6-18(7-5-16)24-23(26-30-25(31-34-26)19-8-10-20(28)11-9-19)17(2)32(27(35)29-24)21-12-14-22(33-3)15-13-21/h4-15,24H,1-3H3,(H,29,35). The number of nitrogens with zero attached hydrogens (tertiary/aromatic N) is 3. The first-order chi connectivity index (χ1) is 16.9. The third-order valence-electron chi connectivity index (χ3n) is 5.98. The van der Waals surface area contributed by atoms with E-state index in [1.54, 1.807) is 19.2 Å². The number of aromatic nitrogens is 2. The summed E-state index contributed by atoms with van der Waals surface area (Å²) in [6.45, 7) is 4.03. The van der Waals surface area contributed by atoms with E-state index >= 15 is 0 Å². The maximum Gasteiger partial charge on any atom is 0.258 e. The number of anilines is 1. The molecular weight excluding hydrogens is 463 g/mol. The Balaban J connectivity index is 1.63. The van der Waals surface area contributed by atoms with Crippen LogP contribution in [0.2, 0.25) is 0 Å². The van der Waals surface area contributed by atoms with E-state index in [2.05, 4.69) is 39.7 Å². The normalized spacial score (nSPS) is 15.8. The van der Waals surface area contributed by atoms with Crippen LogP contribution in [0.5, 0.6) is 5.75 Å². The van der Waals surface area contributed by atoms with Crippen LogP contribution in [0.4, 0.5) is 10.1 Å². The quantitative estimate of drug-likeness (QED) is 0.344. The van der Waals surface area contributed by atoms with E-state index in [4.69, 9.17) is 21.5 Å². The molecule has 1 aliphatic rings. The molecule has 4 aromatic rings. The van der Waals surface area contributed by atoms with E-state index in [0.29, 0.717) is 22.4 Å². The number of halogens is 1. The van der Waals surface area contributed by atoms with Crippen LogP contribution in [0.3, 0.4) is 0 Å². The Morgan fingerprint density at radius 2 is 1.66 bits per heavy atom. The zero-order chi connectivity index (χ0) is 24.5. The highest BCUT2D eigenvalue weighted by Crippen LogP contribution is 2.39. The fourth-order valence-electron chi connectivity index (χ4n) is 4.12. The van der Waals surface area contributed by atoms with Crippen LogP contribution in [-0.4, -0.2) is 22.4 Å². The van der Waals surface area contributed by atoms with Crippen LogP contribution in [0.1, 0.15) is 30.0 Å². The Labute approximate surface area is 208 Å². The molecule has 2 heterocycles. The molecule has 0 saturated heterocycles. The highest BCUT2D eigenvalue weighted by atomic mass is 32.1. The molecule has 0 bridgehead atoms. The largest absolute Gasteiger partial charge is 0.497 e. The summed E-state index contributed by atoms with van der Waals surface area (Å²) in [4.78, 5) is 6.61. The molecular formula is C27H23FN4O2S. The van der Waals surface area contributed by atoms with Crippen molar-refractivity contribution in [1.82, 2.24) is 15.5 Å². The molecule has 8 heteroatoms. The predicted molar refractivity (Wildman–Crippen MR) is 137 cm³/mol. The fourth-order valence-corrected chi connectivity index (χ4v) is 4.48. The maximum atomic E-state index is 13.4. The van der Waals surface area contributed by atoms with Gasteiger partial charge in [-0.1, -0.05) is 35.0 Å². The van der Waals surface area contributed by atoms with E-state index in [0.717, 1.165) is 33.8 Å². The number of methoxy groups -OCH3 is 1. The van der Waals surface area contributed by atoms with Gasteiger partial charge in [0.2, 0.25) is 5.82 Å². The highest BCUT2D eigenvalue weighted by molar-refractivity contribution is 7.80. The van der Waals surface area contributed by atoms with Crippen molar-refractivity contribution < 1.29 is 13.7 Å². The first kappa shape index (κ1) is 22.7. The van der Waals surface area contributed by atoms with Gasteiger partial charge in [0.15, 0.2) is 5.11 Å². The van der Waals surface area contributed by atoms with Gasteiger partial charge in [-0.25, -0.2) is 4.39 Å². The summed E-state index contributed by atoms with van der Waals surface area (Å²) in [5, 5.41) is 8.18. The zero-order valence-corrected chi connectivity index (χ0v) is 20.3. The second-order valence-corrected chi connectivity index (χ2v) is 8.64. The maximum absolute atomic E-state index is 13.4. The van der Waals surface area contributed by atoms with Crippen molar-refractivity contribution >= 4 is 28.6 Å². The van der Waals surface area contributed by atoms with E-state index in [9.17, 15) is 4.39 Å². The fraction of sp³-hybridized carbons (Fsp3) is 0.148. The number of ether oxygens (including phenoxy) is 1. The zero-order valence-electron chi connectivity index (χ0n) is 19.4. The minimum atomic E-state index is -0.324. The minimum Gasteiger partial charge on any atom is -0.497 e. The molecule has 0 saturated carbocycles. The minimum absolute atomic E-state index is 0.292. The summed E-state index contributed by atoms with van der Waals surface area (Å²) in [7, 11) is 1.63. The third kappa shape index (κ3) is 4.40. The van der Waals surface area contributed by atoms with Gasteiger partial charge in [-0.05, 0) is 80.2 Å². The van der Waals surface area contributed by atoms with Crippen molar-refractivity contribution in [3.05, 3.63) is 101 Å². The van der Waals surface area contributed by atoms with Crippen LogP contribution in [0, 0.1) is 12.7 Å². The molecule has 1 atom stereocenters. The van der Waals surface area contributed by atoms with Gasteiger partial charge < -0.3 is 14.6 Å². The molecule has 3 aromatic carbocycles. The van der Waals surface area contributed by atoms with Gasteiger partial charge in [0.1, 0.15) is 11.6 Å². The molecule has 1 N–H and O–H groups in total. The Kier molecular flexibility index (Phi) is 6.05. The summed E-state index contributed by atoms with van der Waals surface area (Å²) < 4.78 is 24.4. The van der Waals surface area contributed by atoms with E-state index < -0.39 is 0 Å². The average molecular weight is 487 g/mol. The van der Waals surface area contributed by atoms with Gasteiger partial charge in [0.05, 0.1) is 18.7 Å². The molecule has 0 radical (unpaired) electrons. The number of hydrogen-bond acceptors (Lipinski definition) is 5. The highest BCUT2D eigenvalue weighted by Gasteiger charge is 2.34. The smallest absolute Gasteiger partial charge is 0.258 e. The lowest BCUT2D eigenvalue weighted by atomic mass is 9.94. The lowest BCUT2D eigenvalue weighted by Crippen LogP contribution is -2.46. The number of nitrogens with one attached hydrogen (secondary N) is 1. The molecule has 1 aromatic heterocycles. The van der Waals surface area contributed by atoms with Crippen molar-refractivity contribution in [2.45, 2.75) is 19.9 Å². The van der Waals surface area contributed by atoms with Crippen LogP contribution >= 0.6 is 12.2 Å². The Hall–Kier alpha value is -4.04. The van der Waals surface area contributed by atoms with Crippen molar-refractivity contribution in [2.75, 3.05) is 12.0 Å². The van der Waals surface area contributed by atoms with Gasteiger partial charge in [-0.15, -0.1) is 0 Å². The van der Waals surface area contributed by atoms with E-state index in [-0.39, 0.29) is 11.9 Å². The Bertz CT molecular complexity index is 1400. The Morgan fingerprint density at radius 1 is 0.971 bits per heavy atom. The van der Waals surface area contributed by atoms with Crippen molar-refractivity contribution in [1.29, 1.82) is 0 Å². The molecule has 35 heavy (non-hydrogen) atoms. The van der Waals surface area contributed by atoms with Crippen LogP contribution in [-0.2, 0) is 0 Å². The number of aryl methyl sites for hydroxylation is 1. The number of allylic oxidation sites excluding steroid dienone is 1. The summed E-state index contributed by atoms with van der Waals surface area (Å²) in [6.07, 6.45) is 0. The monoisotopic (exact) mass is 486 g/mol. The van der Waals surface area contributed by atoms with Crippen molar-refractivity contribution in [3.63, 3.8) is 0 Å². The van der Waals surface area contributed by atoms with Gasteiger partial charge in [0.25, 0.3) is 5.89 Å². The van der Waals surface area contributed by atoms with Crippen molar-refractivity contribution in [2.24, 2.45) is 0 Å². The van der Waals surface area contributed by atoms with Gasteiger partial charge in [0, 0.05) is 16.9 Å². The molecule has 5 rings (SSSR count). The number of benzene rings is 3.